The van der Waals surface area contributed by atoms with E-state index in [4.69, 9.17) is 0 Å². The van der Waals surface area contributed by atoms with Crippen LogP contribution in [-0.2, 0) is 27.7 Å². The van der Waals surface area contributed by atoms with Crippen LogP contribution in [0.3, 0.4) is 0 Å². The van der Waals surface area contributed by atoms with Gasteiger partial charge in [0.15, 0.2) is 0 Å². The van der Waals surface area contributed by atoms with Gasteiger partial charge in [-0.25, -0.2) is 8.42 Å². The Bertz CT molecular complexity index is 852. The average Bonchev–Trinajstić information content (AvgIpc) is 2.61. The molecule has 2 aromatic carbocycles. The van der Waals surface area contributed by atoms with Crippen LogP contribution < -0.4 is 10.0 Å². The van der Waals surface area contributed by atoms with E-state index >= 15 is 0 Å². The van der Waals surface area contributed by atoms with E-state index in [0.29, 0.717) is 0 Å². The monoisotopic (exact) mass is 374 g/mol. The van der Waals surface area contributed by atoms with Crippen LogP contribution in [-0.4, -0.2) is 20.4 Å². The van der Waals surface area contributed by atoms with Crippen LogP contribution in [0, 0.1) is 6.92 Å². The quantitative estimate of drug-likeness (QED) is 0.780. The van der Waals surface area contributed by atoms with Gasteiger partial charge in [0.1, 0.15) is 0 Å². The SMILES string of the molecule is CCc1cccc(CC)c1NC(=O)[C@@H](C)NS(=O)(=O)c1ccc(C)cc1. The highest BCUT2D eigenvalue weighted by molar-refractivity contribution is 7.89. The van der Waals surface area contributed by atoms with Crippen molar-refractivity contribution in [3.63, 3.8) is 0 Å². The van der Waals surface area contributed by atoms with Crippen molar-refractivity contribution in [2.75, 3.05) is 5.32 Å². The Morgan fingerprint density at radius 2 is 1.54 bits per heavy atom. The first-order valence-electron chi connectivity index (χ1n) is 8.79. The summed E-state index contributed by atoms with van der Waals surface area (Å²) in [6, 6.07) is 11.5. The van der Waals surface area contributed by atoms with E-state index in [1.54, 1.807) is 19.1 Å². The van der Waals surface area contributed by atoms with Crippen LogP contribution in [0.4, 0.5) is 5.69 Å². The minimum absolute atomic E-state index is 0.144. The molecule has 0 bridgehead atoms. The van der Waals surface area contributed by atoms with Crippen LogP contribution in [0.2, 0.25) is 0 Å². The number of sulfonamides is 1. The van der Waals surface area contributed by atoms with Gasteiger partial charge in [0.05, 0.1) is 10.9 Å². The normalized spacial score (nSPS) is 12.6. The van der Waals surface area contributed by atoms with Crippen molar-refractivity contribution < 1.29 is 13.2 Å². The van der Waals surface area contributed by atoms with E-state index in [9.17, 15) is 13.2 Å². The zero-order chi connectivity index (χ0) is 19.3. The van der Waals surface area contributed by atoms with Crippen molar-refractivity contribution in [2.24, 2.45) is 0 Å². The van der Waals surface area contributed by atoms with E-state index in [2.05, 4.69) is 10.0 Å². The Morgan fingerprint density at radius 1 is 1.00 bits per heavy atom. The zero-order valence-corrected chi connectivity index (χ0v) is 16.5. The van der Waals surface area contributed by atoms with Crippen LogP contribution in [0.15, 0.2) is 47.4 Å². The van der Waals surface area contributed by atoms with Crippen molar-refractivity contribution in [3.8, 4) is 0 Å². The van der Waals surface area contributed by atoms with Crippen molar-refractivity contribution in [1.82, 2.24) is 4.72 Å². The van der Waals surface area contributed by atoms with Gasteiger partial charge in [-0.05, 0) is 49.9 Å². The molecule has 26 heavy (non-hydrogen) atoms. The zero-order valence-electron chi connectivity index (χ0n) is 15.7. The second-order valence-corrected chi connectivity index (χ2v) is 8.02. The summed E-state index contributed by atoms with van der Waals surface area (Å²) in [4.78, 5) is 12.7. The number of aryl methyl sites for hydroxylation is 3. The fourth-order valence-corrected chi connectivity index (χ4v) is 3.91. The highest BCUT2D eigenvalue weighted by atomic mass is 32.2. The van der Waals surface area contributed by atoms with E-state index < -0.39 is 16.1 Å². The Kier molecular flexibility index (Phi) is 6.56. The van der Waals surface area contributed by atoms with Gasteiger partial charge in [0.25, 0.3) is 0 Å². The Balaban J connectivity index is 2.17. The number of hydrogen-bond donors (Lipinski definition) is 2. The number of para-hydroxylation sites is 1. The largest absolute Gasteiger partial charge is 0.324 e. The van der Waals surface area contributed by atoms with Gasteiger partial charge < -0.3 is 5.32 Å². The van der Waals surface area contributed by atoms with Crippen LogP contribution in [0.5, 0.6) is 0 Å². The molecule has 1 atom stereocenters. The summed E-state index contributed by atoms with van der Waals surface area (Å²) in [5.74, 6) is -0.378. The topological polar surface area (TPSA) is 75.3 Å². The maximum Gasteiger partial charge on any atom is 0.242 e. The number of hydrogen-bond acceptors (Lipinski definition) is 3. The third-order valence-corrected chi connectivity index (χ3v) is 5.86. The lowest BCUT2D eigenvalue weighted by Crippen LogP contribution is -2.41. The maximum absolute atomic E-state index is 12.6. The second-order valence-electron chi connectivity index (χ2n) is 6.30. The minimum Gasteiger partial charge on any atom is -0.324 e. The van der Waals surface area contributed by atoms with Gasteiger partial charge in [-0.2, -0.15) is 4.72 Å². The van der Waals surface area contributed by atoms with Crippen molar-refractivity contribution in [2.45, 2.75) is 51.5 Å². The molecule has 0 aliphatic heterocycles. The van der Waals surface area contributed by atoms with E-state index in [1.807, 2.05) is 39.0 Å². The van der Waals surface area contributed by atoms with Gasteiger partial charge in [-0.1, -0.05) is 49.7 Å². The first kappa shape index (κ1) is 20.1. The summed E-state index contributed by atoms with van der Waals surface area (Å²) in [7, 11) is -3.76. The van der Waals surface area contributed by atoms with Crippen LogP contribution in [0.1, 0.15) is 37.5 Å². The third-order valence-electron chi connectivity index (χ3n) is 4.30. The number of benzene rings is 2. The molecule has 0 saturated heterocycles. The molecule has 2 N–H and O–H groups in total. The van der Waals surface area contributed by atoms with Crippen LogP contribution >= 0.6 is 0 Å². The lowest BCUT2D eigenvalue weighted by molar-refractivity contribution is -0.117. The van der Waals surface area contributed by atoms with Gasteiger partial charge in [0, 0.05) is 5.69 Å². The van der Waals surface area contributed by atoms with Crippen molar-refractivity contribution >= 4 is 21.6 Å². The fourth-order valence-electron chi connectivity index (χ4n) is 2.71. The summed E-state index contributed by atoms with van der Waals surface area (Å²) in [6.07, 6.45) is 1.57. The molecule has 1 amide bonds. The number of amides is 1. The Labute approximate surface area is 155 Å². The summed E-state index contributed by atoms with van der Waals surface area (Å²) in [5.41, 5.74) is 3.82. The minimum atomic E-state index is -3.76. The fraction of sp³-hybridized carbons (Fsp3) is 0.350. The maximum atomic E-state index is 12.6. The molecule has 0 fully saturated rings. The van der Waals surface area contributed by atoms with Gasteiger partial charge in [-0.15, -0.1) is 0 Å². The number of rotatable bonds is 7. The Morgan fingerprint density at radius 3 is 2.04 bits per heavy atom. The molecule has 140 valence electrons. The molecule has 0 aliphatic carbocycles. The third kappa shape index (κ3) is 4.71. The van der Waals surface area contributed by atoms with E-state index in [1.165, 1.54) is 12.1 Å². The summed E-state index contributed by atoms with van der Waals surface area (Å²) < 4.78 is 27.4. The first-order valence-corrected chi connectivity index (χ1v) is 10.3. The number of nitrogens with one attached hydrogen (secondary N) is 2. The second kappa shape index (κ2) is 8.47. The summed E-state index contributed by atoms with van der Waals surface area (Å²) in [5, 5.41) is 2.90. The Hall–Kier alpha value is -2.18. The molecule has 0 spiro atoms. The molecular formula is C20H26N2O3S. The predicted octanol–water partition coefficient (Wildman–Crippen LogP) is 3.43. The molecule has 0 aliphatic rings. The smallest absolute Gasteiger partial charge is 0.242 e. The standard InChI is InChI=1S/C20H26N2O3S/c1-5-16-8-7-9-17(6-2)19(16)21-20(23)15(4)22-26(24,25)18-12-10-14(3)11-13-18/h7-13,15,22H,5-6H2,1-4H3,(H,21,23)/t15-/m1/s1. The molecule has 0 aromatic heterocycles. The number of anilines is 1. The number of carbonyl (C=O) groups is 1. The molecular weight excluding hydrogens is 348 g/mol. The highest BCUT2D eigenvalue weighted by Crippen LogP contribution is 2.23. The lowest BCUT2D eigenvalue weighted by Gasteiger charge is -2.18. The molecule has 5 nitrogen and oxygen atoms in total. The summed E-state index contributed by atoms with van der Waals surface area (Å²) in [6.45, 7) is 7.47. The van der Waals surface area contributed by atoms with E-state index in [-0.39, 0.29) is 10.8 Å². The predicted molar refractivity (Wildman–Crippen MR) is 105 cm³/mol. The molecule has 2 rings (SSSR count). The van der Waals surface area contributed by atoms with Crippen molar-refractivity contribution in [1.29, 1.82) is 0 Å². The molecule has 2 aromatic rings. The average molecular weight is 375 g/mol. The van der Waals surface area contributed by atoms with Gasteiger partial charge in [-0.3, -0.25) is 4.79 Å². The molecule has 0 unspecified atom stereocenters. The van der Waals surface area contributed by atoms with E-state index in [0.717, 1.165) is 35.2 Å². The van der Waals surface area contributed by atoms with Gasteiger partial charge >= 0.3 is 0 Å². The van der Waals surface area contributed by atoms with Gasteiger partial charge in [0.2, 0.25) is 15.9 Å². The highest BCUT2D eigenvalue weighted by Gasteiger charge is 2.23. The molecule has 0 radical (unpaired) electrons. The summed E-state index contributed by atoms with van der Waals surface area (Å²) >= 11 is 0. The number of carbonyl (C=O) groups excluding carboxylic acids is 1. The lowest BCUT2D eigenvalue weighted by atomic mass is 10.0. The molecule has 6 heteroatoms. The molecule has 0 heterocycles. The van der Waals surface area contributed by atoms with Crippen LogP contribution in [0.25, 0.3) is 0 Å². The first-order chi connectivity index (χ1) is 12.3. The molecule has 0 saturated carbocycles. The van der Waals surface area contributed by atoms with Crippen molar-refractivity contribution in [3.05, 3.63) is 59.2 Å².